The standard InChI is InChI=1S/C23H27ClN2O5S/c1-30-22-15-17(9-10-21(22)31-19-6-2-3-7-19)23(27)25-11-13-26(14-12-25)32(28,29)20-8-4-5-18(24)16-20/h4-5,8-10,15-16,19H,2-3,6-7,11-14H2,1H3. The molecule has 32 heavy (non-hydrogen) atoms. The van der Waals surface area contributed by atoms with Gasteiger partial charge in [0.2, 0.25) is 10.0 Å². The van der Waals surface area contributed by atoms with Gasteiger partial charge in [0, 0.05) is 36.8 Å². The molecule has 1 aliphatic heterocycles. The van der Waals surface area contributed by atoms with Crippen LogP contribution in [0.1, 0.15) is 36.0 Å². The maximum atomic E-state index is 13.0. The van der Waals surface area contributed by atoms with Gasteiger partial charge in [0.25, 0.3) is 5.91 Å². The zero-order chi connectivity index (χ0) is 22.7. The molecule has 0 unspecified atom stereocenters. The molecule has 1 amide bonds. The monoisotopic (exact) mass is 478 g/mol. The van der Waals surface area contributed by atoms with Gasteiger partial charge in [-0.15, -0.1) is 0 Å². The van der Waals surface area contributed by atoms with E-state index in [0.29, 0.717) is 35.2 Å². The molecule has 2 fully saturated rings. The Hall–Kier alpha value is -2.29. The molecule has 0 bridgehead atoms. The molecule has 2 aromatic rings. The van der Waals surface area contributed by atoms with Crippen LogP contribution in [0.4, 0.5) is 0 Å². The lowest BCUT2D eigenvalue weighted by atomic mass is 10.1. The molecule has 1 heterocycles. The third-order valence-corrected chi connectivity index (χ3v) is 8.10. The normalized spacial score (nSPS) is 18.0. The largest absolute Gasteiger partial charge is 0.493 e. The van der Waals surface area contributed by atoms with Gasteiger partial charge in [-0.3, -0.25) is 4.79 Å². The molecule has 1 aliphatic carbocycles. The van der Waals surface area contributed by atoms with E-state index in [4.69, 9.17) is 21.1 Å². The van der Waals surface area contributed by atoms with Gasteiger partial charge in [0.1, 0.15) is 0 Å². The number of nitrogens with zero attached hydrogens (tertiary/aromatic N) is 2. The second-order valence-electron chi connectivity index (χ2n) is 8.04. The molecule has 1 saturated heterocycles. The Morgan fingerprint density at radius 1 is 1.00 bits per heavy atom. The highest BCUT2D eigenvalue weighted by molar-refractivity contribution is 7.89. The summed E-state index contributed by atoms with van der Waals surface area (Å²) in [6.07, 6.45) is 4.60. The van der Waals surface area contributed by atoms with Crippen LogP contribution in [0.3, 0.4) is 0 Å². The highest BCUT2D eigenvalue weighted by Crippen LogP contribution is 2.33. The lowest BCUT2D eigenvalue weighted by molar-refractivity contribution is 0.0697. The SMILES string of the molecule is COc1cc(C(=O)N2CCN(S(=O)(=O)c3cccc(Cl)c3)CC2)ccc1OC1CCCC1. The van der Waals surface area contributed by atoms with E-state index in [1.54, 1.807) is 42.3 Å². The van der Waals surface area contributed by atoms with Gasteiger partial charge >= 0.3 is 0 Å². The first kappa shape index (κ1) is 22.9. The van der Waals surface area contributed by atoms with Crippen LogP contribution >= 0.6 is 11.6 Å². The molecule has 0 atom stereocenters. The molecule has 172 valence electrons. The average molecular weight is 479 g/mol. The first-order valence-electron chi connectivity index (χ1n) is 10.8. The molecule has 4 rings (SSSR count). The summed E-state index contributed by atoms with van der Waals surface area (Å²) < 4.78 is 38.7. The smallest absolute Gasteiger partial charge is 0.254 e. The molecule has 0 N–H and O–H groups in total. The van der Waals surface area contributed by atoms with Crippen LogP contribution in [-0.2, 0) is 10.0 Å². The van der Waals surface area contributed by atoms with Crippen molar-refractivity contribution >= 4 is 27.5 Å². The van der Waals surface area contributed by atoms with E-state index in [1.807, 2.05) is 0 Å². The number of sulfonamides is 1. The summed E-state index contributed by atoms with van der Waals surface area (Å²) >= 11 is 5.95. The van der Waals surface area contributed by atoms with Gasteiger partial charge < -0.3 is 14.4 Å². The number of hydrogen-bond acceptors (Lipinski definition) is 5. The Bertz CT molecular complexity index is 1080. The molecule has 2 aromatic carbocycles. The summed E-state index contributed by atoms with van der Waals surface area (Å²) in [5.41, 5.74) is 0.492. The number of carbonyl (C=O) groups excluding carboxylic acids is 1. The summed E-state index contributed by atoms with van der Waals surface area (Å²) in [4.78, 5) is 14.9. The van der Waals surface area contributed by atoms with Crippen LogP contribution in [0, 0.1) is 0 Å². The van der Waals surface area contributed by atoms with Crippen molar-refractivity contribution < 1.29 is 22.7 Å². The number of methoxy groups -OCH3 is 1. The number of ether oxygens (including phenoxy) is 2. The van der Waals surface area contributed by atoms with Gasteiger partial charge in [-0.1, -0.05) is 17.7 Å². The van der Waals surface area contributed by atoms with Crippen molar-refractivity contribution in [3.8, 4) is 11.5 Å². The minimum Gasteiger partial charge on any atom is -0.493 e. The highest BCUT2D eigenvalue weighted by atomic mass is 35.5. The van der Waals surface area contributed by atoms with Crippen molar-refractivity contribution in [2.45, 2.75) is 36.7 Å². The Morgan fingerprint density at radius 2 is 1.72 bits per heavy atom. The van der Waals surface area contributed by atoms with Gasteiger partial charge in [0.15, 0.2) is 11.5 Å². The van der Waals surface area contributed by atoms with Crippen LogP contribution in [0.2, 0.25) is 5.02 Å². The molecule has 0 aromatic heterocycles. The van der Waals surface area contributed by atoms with Gasteiger partial charge in [-0.2, -0.15) is 4.31 Å². The van der Waals surface area contributed by atoms with Crippen molar-refractivity contribution in [1.29, 1.82) is 0 Å². The lowest BCUT2D eigenvalue weighted by Gasteiger charge is -2.34. The summed E-state index contributed by atoms with van der Waals surface area (Å²) in [6, 6.07) is 11.4. The van der Waals surface area contributed by atoms with Crippen molar-refractivity contribution in [3.63, 3.8) is 0 Å². The maximum Gasteiger partial charge on any atom is 0.254 e. The average Bonchev–Trinajstić information content (AvgIpc) is 3.32. The number of rotatable bonds is 6. The molecular weight excluding hydrogens is 452 g/mol. The number of benzene rings is 2. The van der Waals surface area contributed by atoms with Crippen LogP contribution < -0.4 is 9.47 Å². The van der Waals surface area contributed by atoms with Crippen LogP contribution in [0.5, 0.6) is 11.5 Å². The van der Waals surface area contributed by atoms with Gasteiger partial charge in [-0.25, -0.2) is 8.42 Å². The Morgan fingerprint density at radius 3 is 2.38 bits per heavy atom. The zero-order valence-electron chi connectivity index (χ0n) is 18.0. The Balaban J connectivity index is 1.42. The second kappa shape index (κ2) is 9.68. The predicted molar refractivity (Wildman–Crippen MR) is 122 cm³/mol. The van der Waals surface area contributed by atoms with E-state index in [1.165, 1.54) is 29.3 Å². The zero-order valence-corrected chi connectivity index (χ0v) is 19.6. The fraction of sp³-hybridized carbons (Fsp3) is 0.435. The Labute approximate surface area is 193 Å². The number of piperazine rings is 1. The molecule has 2 aliphatic rings. The quantitative estimate of drug-likeness (QED) is 0.631. The Kier molecular flexibility index (Phi) is 6.93. The summed E-state index contributed by atoms with van der Waals surface area (Å²) in [5, 5.41) is 0.370. The van der Waals surface area contributed by atoms with E-state index in [9.17, 15) is 13.2 Å². The summed E-state index contributed by atoms with van der Waals surface area (Å²) in [7, 11) is -2.09. The van der Waals surface area contributed by atoms with Crippen molar-refractivity contribution in [2.24, 2.45) is 0 Å². The third kappa shape index (κ3) is 4.87. The van der Waals surface area contributed by atoms with Crippen molar-refractivity contribution in [2.75, 3.05) is 33.3 Å². The number of halogens is 1. The van der Waals surface area contributed by atoms with Crippen LogP contribution in [0.25, 0.3) is 0 Å². The minimum absolute atomic E-state index is 0.157. The van der Waals surface area contributed by atoms with E-state index in [2.05, 4.69) is 0 Å². The fourth-order valence-electron chi connectivity index (χ4n) is 4.17. The molecule has 9 heteroatoms. The number of carbonyl (C=O) groups is 1. The summed E-state index contributed by atoms with van der Waals surface area (Å²) in [5.74, 6) is 1.02. The first-order chi connectivity index (χ1) is 15.4. The maximum absolute atomic E-state index is 13.0. The topological polar surface area (TPSA) is 76.2 Å². The molecule has 1 saturated carbocycles. The predicted octanol–water partition coefficient (Wildman–Crippen LogP) is 3.82. The van der Waals surface area contributed by atoms with Crippen molar-refractivity contribution in [3.05, 3.63) is 53.1 Å². The van der Waals surface area contributed by atoms with Gasteiger partial charge in [-0.05, 0) is 62.1 Å². The highest BCUT2D eigenvalue weighted by Gasteiger charge is 2.31. The van der Waals surface area contributed by atoms with E-state index < -0.39 is 10.0 Å². The lowest BCUT2D eigenvalue weighted by Crippen LogP contribution is -2.50. The fourth-order valence-corrected chi connectivity index (χ4v) is 5.90. The van der Waals surface area contributed by atoms with E-state index in [0.717, 1.165) is 12.8 Å². The van der Waals surface area contributed by atoms with Gasteiger partial charge in [0.05, 0.1) is 18.1 Å². The number of hydrogen-bond donors (Lipinski definition) is 0. The van der Waals surface area contributed by atoms with E-state index in [-0.39, 0.29) is 30.0 Å². The first-order valence-corrected chi connectivity index (χ1v) is 12.6. The van der Waals surface area contributed by atoms with Crippen LogP contribution in [0.15, 0.2) is 47.4 Å². The molecule has 0 radical (unpaired) electrons. The molecule has 0 spiro atoms. The third-order valence-electron chi connectivity index (χ3n) is 5.97. The number of amides is 1. The summed E-state index contributed by atoms with van der Waals surface area (Å²) in [6.45, 7) is 1.06. The van der Waals surface area contributed by atoms with E-state index >= 15 is 0 Å². The van der Waals surface area contributed by atoms with Crippen molar-refractivity contribution in [1.82, 2.24) is 9.21 Å². The minimum atomic E-state index is -3.65. The molecule has 7 nitrogen and oxygen atoms in total. The van der Waals surface area contributed by atoms with Crippen LogP contribution in [-0.4, -0.2) is 62.9 Å². The molecular formula is C23H27ClN2O5S. The second-order valence-corrected chi connectivity index (χ2v) is 10.4.